The van der Waals surface area contributed by atoms with E-state index in [-0.39, 0.29) is 108 Å². The molecular formula is H18MoNa2O13. The molecule has 18 N–H and O–H groups in total. The van der Waals surface area contributed by atoms with E-state index in [0.717, 1.165) is 0 Å². The van der Waals surface area contributed by atoms with E-state index in [1.165, 1.54) is 0 Å². The molecule has 16 heteroatoms. The molecule has 0 aromatic carbocycles. The Labute approximate surface area is 138 Å². The Hall–Kier alpha value is 1.85. The van der Waals surface area contributed by atoms with E-state index < -0.39 is 16.7 Å². The first-order valence-corrected chi connectivity index (χ1v) is 3.94. The third kappa shape index (κ3) is 1020. The van der Waals surface area contributed by atoms with Crippen LogP contribution in [0.1, 0.15) is 0 Å². The van der Waals surface area contributed by atoms with Gasteiger partial charge >= 0.3 is 90.2 Å². The predicted molar refractivity (Wildman–Crippen MR) is 33.9 cm³/mol. The fraction of sp³-hybridized carbons (Fsp3) is 0. The van der Waals surface area contributed by atoms with Crippen molar-refractivity contribution in [1.82, 2.24) is 0 Å². The summed E-state index contributed by atoms with van der Waals surface area (Å²) < 4.78 is 34.5. The molecule has 104 valence electrons. The van der Waals surface area contributed by atoms with Gasteiger partial charge in [-0.3, -0.25) is 0 Å². The van der Waals surface area contributed by atoms with Crippen LogP contribution in [-0.4, -0.2) is 49.3 Å². The molecule has 16 heavy (non-hydrogen) atoms. The van der Waals surface area contributed by atoms with Gasteiger partial charge in [0.15, 0.2) is 0 Å². The average Bonchev–Trinajstić information content (AvgIpc) is 0.722. The summed E-state index contributed by atoms with van der Waals surface area (Å²) in [6, 6.07) is 0. The SMILES string of the molecule is O.O.O.O.O.O.O.O.O.[Na+].[Na+].[O]=[Mo](=[O])([O-])[O-]. The second-order valence-corrected chi connectivity index (χ2v) is 2.42. The standard InChI is InChI=1S/Mo.2Na.9H2O.4O/h;;;9*1H2;;;;/q;2*+1;;;;;;;;;;;;2*-1. The molecule has 0 saturated carbocycles. The summed E-state index contributed by atoms with van der Waals surface area (Å²) in [5, 5.41) is 0. The van der Waals surface area contributed by atoms with Crippen LogP contribution in [0.2, 0.25) is 0 Å². The van der Waals surface area contributed by atoms with Gasteiger partial charge in [0.05, 0.1) is 0 Å². The summed E-state index contributed by atoms with van der Waals surface area (Å²) in [6.07, 6.45) is 0. The average molecular weight is 368 g/mol. The molecule has 0 spiro atoms. The van der Waals surface area contributed by atoms with Crippen LogP contribution in [0.5, 0.6) is 0 Å². The van der Waals surface area contributed by atoms with Crippen molar-refractivity contribution in [2.75, 3.05) is 0 Å². The molecule has 0 unspecified atom stereocenters. The fourth-order valence-corrected chi connectivity index (χ4v) is 0. The van der Waals surface area contributed by atoms with Gasteiger partial charge in [-0.15, -0.1) is 0 Å². The van der Waals surface area contributed by atoms with E-state index in [1.54, 1.807) is 0 Å². The van der Waals surface area contributed by atoms with Crippen LogP contribution >= 0.6 is 0 Å². The van der Waals surface area contributed by atoms with Gasteiger partial charge in [0.2, 0.25) is 0 Å². The quantitative estimate of drug-likeness (QED) is 0.375. The van der Waals surface area contributed by atoms with Crippen LogP contribution in [0.4, 0.5) is 0 Å². The zero-order valence-electron chi connectivity index (χ0n) is 8.54. The van der Waals surface area contributed by atoms with E-state index in [4.69, 9.17) is 14.3 Å². The zero-order valence-corrected chi connectivity index (χ0v) is 14.5. The third-order valence-electron chi connectivity index (χ3n) is 0. The van der Waals surface area contributed by atoms with Gasteiger partial charge in [0.1, 0.15) is 0 Å². The summed E-state index contributed by atoms with van der Waals surface area (Å²) in [6.45, 7) is 0. The summed E-state index contributed by atoms with van der Waals surface area (Å²) in [7, 11) is 0. The van der Waals surface area contributed by atoms with E-state index in [9.17, 15) is 0 Å². The first kappa shape index (κ1) is 148. The maximum atomic E-state index is 8.63. The van der Waals surface area contributed by atoms with Crippen LogP contribution in [0.15, 0.2) is 0 Å². The Bertz CT molecular complexity index is 97.1. The van der Waals surface area contributed by atoms with Gasteiger partial charge in [-0.05, 0) is 0 Å². The Morgan fingerprint density at radius 1 is 0.500 bits per heavy atom. The van der Waals surface area contributed by atoms with Crippen molar-refractivity contribution in [1.29, 1.82) is 0 Å². The Morgan fingerprint density at radius 3 is 0.500 bits per heavy atom. The summed E-state index contributed by atoms with van der Waals surface area (Å²) in [5.74, 6) is 0. The second-order valence-electron chi connectivity index (χ2n) is 0.408. The predicted octanol–water partition coefficient (Wildman–Crippen LogP) is -16.0. The van der Waals surface area contributed by atoms with Gasteiger partial charge in [-0.2, -0.15) is 0 Å². The van der Waals surface area contributed by atoms with Gasteiger partial charge in [0.25, 0.3) is 0 Å². The van der Waals surface area contributed by atoms with Crippen LogP contribution in [0.25, 0.3) is 0 Å². The van der Waals surface area contributed by atoms with Crippen molar-refractivity contribution >= 4 is 0 Å². The molecule has 0 saturated heterocycles. The zero-order chi connectivity index (χ0) is 4.50. The number of hydrogen-bond acceptors (Lipinski definition) is 4. The summed E-state index contributed by atoms with van der Waals surface area (Å²) >= 11 is -6.02. The Balaban J connectivity index is -0.00000000145. The molecule has 0 bridgehead atoms. The normalized spacial score (nSPS) is 3.62. The first-order valence-electron chi connectivity index (χ1n) is 0.667. The molecule has 0 heterocycles. The molecule has 0 radical (unpaired) electrons. The summed E-state index contributed by atoms with van der Waals surface area (Å²) in [5.41, 5.74) is 0. The minimum atomic E-state index is -6.02. The molecule has 0 amide bonds. The Morgan fingerprint density at radius 2 is 0.500 bits per heavy atom. The van der Waals surface area contributed by atoms with E-state index in [1.807, 2.05) is 0 Å². The molecule has 0 aromatic heterocycles. The molecule has 0 atom stereocenters. The molecule has 0 aliphatic rings. The maximum absolute atomic E-state index is 8.63. The topological polar surface area (TPSA) is 364 Å². The van der Waals surface area contributed by atoms with Crippen molar-refractivity contribution in [2.45, 2.75) is 0 Å². The van der Waals surface area contributed by atoms with Crippen molar-refractivity contribution in [3.05, 3.63) is 0 Å². The monoisotopic (exact) mass is 370 g/mol. The summed E-state index contributed by atoms with van der Waals surface area (Å²) in [4.78, 5) is 0. The van der Waals surface area contributed by atoms with Crippen LogP contribution < -0.4 is 66.6 Å². The Kier molecular flexibility index (Phi) is 636. The number of hydrogen-bond donors (Lipinski definition) is 0. The van der Waals surface area contributed by atoms with Gasteiger partial charge in [-0.25, -0.2) is 0 Å². The third-order valence-corrected chi connectivity index (χ3v) is 0. The van der Waals surface area contributed by atoms with Gasteiger partial charge < -0.3 is 49.3 Å². The molecular weight excluding hydrogens is 350 g/mol. The van der Waals surface area contributed by atoms with Crippen molar-refractivity contribution in [3.8, 4) is 0 Å². The van der Waals surface area contributed by atoms with Crippen molar-refractivity contribution in [3.63, 3.8) is 0 Å². The fourth-order valence-electron chi connectivity index (χ4n) is 0. The van der Waals surface area contributed by atoms with E-state index in [2.05, 4.69) is 0 Å². The second kappa shape index (κ2) is 68.7. The minimum absolute atomic E-state index is 0. The van der Waals surface area contributed by atoms with E-state index in [0.29, 0.717) is 0 Å². The van der Waals surface area contributed by atoms with Gasteiger partial charge in [-0.1, -0.05) is 0 Å². The van der Waals surface area contributed by atoms with Crippen LogP contribution in [-0.2, 0) is 23.5 Å². The van der Waals surface area contributed by atoms with Crippen molar-refractivity contribution in [2.24, 2.45) is 0 Å². The molecule has 0 rings (SSSR count). The van der Waals surface area contributed by atoms with Gasteiger partial charge in [0, 0.05) is 0 Å². The molecule has 0 aromatic rings. The number of rotatable bonds is 0. The van der Waals surface area contributed by atoms with Crippen molar-refractivity contribution < 1.29 is 139 Å². The first-order chi connectivity index (χ1) is 2.00. The van der Waals surface area contributed by atoms with Crippen LogP contribution in [0, 0.1) is 0 Å². The van der Waals surface area contributed by atoms with E-state index >= 15 is 0 Å². The molecule has 0 fully saturated rings. The molecule has 0 aliphatic heterocycles. The molecule has 13 nitrogen and oxygen atoms in total. The van der Waals surface area contributed by atoms with Crippen LogP contribution in [0.3, 0.4) is 0 Å². The molecule has 0 aliphatic carbocycles.